The zero-order chi connectivity index (χ0) is 17.0. The van der Waals surface area contributed by atoms with Gasteiger partial charge in [-0.3, -0.25) is 14.3 Å². The first-order chi connectivity index (χ1) is 10.8. The fourth-order valence-electron chi connectivity index (χ4n) is 2.69. The van der Waals surface area contributed by atoms with Crippen molar-refractivity contribution in [2.24, 2.45) is 5.41 Å². The molecule has 0 saturated carbocycles. The summed E-state index contributed by atoms with van der Waals surface area (Å²) in [5.41, 5.74) is 0.289. The third-order valence-corrected chi connectivity index (χ3v) is 3.67. The van der Waals surface area contributed by atoms with Crippen LogP contribution in [0.4, 0.5) is 0 Å². The molecule has 124 valence electrons. The Balaban J connectivity index is 2.07. The van der Waals surface area contributed by atoms with E-state index in [9.17, 15) is 14.7 Å². The number of hydrogen-bond acceptors (Lipinski definition) is 4. The number of nitrogens with one attached hydrogen (secondary N) is 1. The van der Waals surface area contributed by atoms with E-state index in [4.69, 9.17) is 0 Å². The molecule has 2 rings (SSSR count). The Morgan fingerprint density at radius 2 is 2.09 bits per heavy atom. The summed E-state index contributed by atoms with van der Waals surface area (Å²) in [5.74, 6) is -0.176. The van der Waals surface area contributed by atoms with Crippen molar-refractivity contribution in [1.29, 1.82) is 0 Å². The van der Waals surface area contributed by atoms with Gasteiger partial charge in [-0.25, -0.2) is 0 Å². The van der Waals surface area contributed by atoms with Gasteiger partial charge in [-0.15, -0.1) is 0 Å². The minimum absolute atomic E-state index is 0.0472. The zero-order valence-corrected chi connectivity index (χ0v) is 13.7. The Kier molecular flexibility index (Phi) is 5.15. The Bertz CT molecular complexity index is 750. The molecule has 2 N–H and O–H groups in total. The molecule has 1 heterocycles. The molecule has 6 heteroatoms. The molecule has 0 radical (unpaired) electrons. The fraction of sp³-hybridized carbons (Fsp3) is 0.471. The lowest BCUT2D eigenvalue weighted by Gasteiger charge is -2.26. The van der Waals surface area contributed by atoms with Crippen molar-refractivity contribution in [3.63, 3.8) is 0 Å². The van der Waals surface area contributed by atoms with Crippen LogP contribution in [0.3, 0.4) is 0 Å². The second-order valence-corrected chi connectivity index (χ2v) is 6.68. The van der Waals surface area contributed by atoms with Gasteiger partial charge in [-0.2, -0.15) is 5.10 Å². The summed E-state index contributed by atoms with van der Waals surface area (Å²) in [6, 6.07) is 7.09. The number of para-hydroxylation sites is 1. The van der Waals surface area contributed by atoms with Crippen LogP contribution >= 0.6 is 0 Å². The molecule has 6 nitrogen and oxygen atoms in total. The summed E-state index contributed by atoms with van der Waals surface area (Å²) in [7, 11) is 0. The van der Waals surface area contributed by atoms with E-state index in [1.165, 1.54) is 10.9 Å². The van der Waals surface area contributed by atoms with Crippen molar-refractivity contribution in [2.45, 2.75) is 39.8 Å². The summed E-state index contributed by atoms with van der Waals surface area (Å²) in [6.45, 7) is 6.24. The van der Waals surface area contributed by atoms with E-state index in [0.29, 0.717) is 23.9 Å². The number of aromatic nitrogens is 2. The molecular formula is C17H23N3O3. The molecule has 0 fully saturated rings. The number of hydrogen-bond donors (Lipinski definition) is 2. The van der Waals surface area contributed by atoms with Gasteiger partial charge in [0.15, 0.2) is 0 Å². The standard InChI is InChI=1S/C17H23N3O3/c1-12(21)8-17(2,3)11-18-16(23)10-20-14-7-5-4-6-13(14)15(22)9-19-20/h4-7,9,12,21H,8,10-11H2,1-3H3,(H,18,23). The Labute approximate surface area is 135 Å². The first-order valence-electron chi connectivity index (χ1n) is 7.68. The van der Waals surface area contributed by atoms with Gasteiger partial charge >= 0.3 is 0 Å². The third-order valence-electron chi connectivity index (χ3n) is 3.67. The molecule has 0 spiro atoms. The summed E-state index contributed by atoms with van der Waals surface area (Å²) >= 11 is 0. The van der Waals surface area contributed by atoms with Crippen LogP contribution in [0.15, 0.2) is 35.3 Å². The second-order valence-electron chi connectivity index (χ2n) is 6.68. The van der Waals surface area contributed by atoms with Crippen LogP contribution < -0.4 is 10.7 Å². The lowest BCUT2D eigenvalue weighted by molar-refractivity contribution is -0.122. The number of aliphatic hydroxyl groups is 1. The number of benzene rings is 1. The summed E-state index contributed by atoms with van der Waals surface area (Å²) in [4.78, 5) is 23.9. The van der Waals surface area contributed by atoms with Crippen molar-refractivity contribution >= 4 is 16.8 Å². The molecule has 0 saturated heterocycles. The molecule has 23 heavy (non-hydrogen) atoms. The maximum atomic E-state index is 12.2. The molecule has 1 atom stereocenters. The van der Waals surface area contributed by atoms with E-state index in [1.54, 1.807) is 25.1 Å². The van der Waals surface area contributed by atoms with E-state index < -0.39 is 6.10 Å². The molecule has 0 bridgehead atoms. The fourth-order valence-corrected chi connectivity index (χ4v) is 2.69. The molecule has 1 aromatic carbocycles. The zero-order valence-electron chi connectivity index (χ0n) is 13.7. The highest BCUT2D eigenvalue weighted by Gasteiger charge is 2.21. The molecule has 1 amide bonds. The Morgan fingerprint density at radius 1 is 1.39 bits per heavy atom. The minimum Gasteiger partial charge on any atom is -0.393 e. The second kappa shape index (κ2) is 6.91. The van der Waals surface area contributed by atoms with Crippen LogP contribution in [0.1, 0.15) is 27.2 Å². The van der Waals surface area contributed by atoms with Crippen molar-refractivity contribution in [3.8, 4) is 0 Å². The predicted octanol–water partition coefficient (Wildman–Crippen LogP) is 1.31. The van der Waals surface area contributed by atoms with Crippen LogP contribution in [-0.2, 0) is 11.3 Å². The summed E-state index contributed by atoms with van der Waals surface area (Å²) in [5, 5.41) is 16.9. The van der Waals surface area contributed by atoms with Gasteiger partial charge in [-0.1, -0.05) is 26.0 Å². The number of carbonyl (C=O) groups is 1. The van der Waals surface area contributed by atoms with Gasteiger partial charge < -0.3 is 10.4 Å². The van der Waals surface area contributed by atoms with E-state index >= 15 is 0 Å². The molecule has 2 aromatic rings. The monoisotopic (exact) mass is 317 g/mol. The average Bonchev–Trinajstić information content (AvgIpc) is 2.47. The number of fused-ring (bicyclic) bond motifs is 1. The Hall–Kier alpha value is -2.21. The van der Waals surface area contributed by atoms with Gasteiger partial charge in [0, 0.05) is 11.9 Å². The van der Waals surface area contributed by atoms with Gasteiger partial charge in [0.1, 0.15) is 6.54 Å². The maximum Gasteiger partial charge on any atom is 0.241 e. The van der Waals surface area contributed by atoms with Gasteiger partial charge in [-0.05, 0) is 30.9 Å². The van der Waals surface area contributed by atoms with Gasteiger partial charge in [0.2, 0.25) is 11.3 Å². The minimum atomic E-state index is -0.411. The van der Waals surface area contributed by atoms with Crippen molar-refractivity contribution < 1.29 is 9.90 Å². The number of nitrogens with zero attached hydrogens (tertiary/aromatic N) is 2. The average molecular weight is 317 g/mol. The third kappa shape index (κ3) is 4.63. The normalized spacial score (nSPS) is 13.0. The molecular weight excluding hydrogens is 294 g/mol. The highest BCUT2D eigenvalue weighted by molar-refractivity contribution is 5.81. The van der Waals surface area contributed by atoms with Crippen LogP contribution in [-0.4, -0.2) is 33.4 Å². The number of rotatable bonds is 6. The lowest BCUT2D eigenvalue weighted by Crippen LogP contribution is -2.37. The summed E-state index contributed by atoms with van der Waals surface area (Å²) < 4.78 is 1.52. The number of aliphatic hydroxyl groups excluding tert-OH is 1. The van der Waals surface area contributed by atoms with E-state index in [-0.39, 0.29) is 23.3 Å². The first kappa shape index (κ1) is 17.1. The quantitative estimate of drug-likeness (QED) is 0.841. The SMILES string of the molecule is CC(O)CC(C)(C)CNC(=O)Cn1ncc(=O)c2ccccc21. The first-order valence-corrected chi connectivity index (χ1v) is 7.68. The lowest BCUT2D eigenvalue weighted by atomic mass is 9.87. The topological polar surface area (TPSA) is 84.2 Å². The highest BCUT2D eigenvalue weighted by Crippen LogP contribution is 2.21. The molecule has 1 unspecified atom stereocenters. The molecule has 0 aliphatic heterocycles. The van der Waals surface area contributed by atoms with Crippen molar-refractivity contribution in [2.75, 3.05) is 6.54 Å². The van der Waals surface area contributed by atoms with E-state index in [0.717, 1.165) is 0 Å². The van der Waals surface area contributed by atoms with Crippen LogP contribution in [0.5, 0.6) is 0 Å². The van der Waals surface area contributed by atoms with Crippen LogP contribution in [0.2, 0.25) is 0 Å². The number of carbonyl (C=O) groups excluding carboxylic acids is 1. The molecule has 0 aliphatic rings. The largest absolute Gasteiger partial charge is 0.393 e. The predicted molar refractivity (Wildman–Crippen MR) is 89.1 cm³/mol. The molecule has 0 aliphatic carbocycles. The van der Waals surface area contributed by atoms with Crippen LogP contribution in [0.25, 0.3) is 10.9 Å². The maximum absolute atomic E-state index is 12.2. The van der Waals surface area contributed by atoms with Crippen molar-refractivity contribution in [1.82, 2.24) is 15.1 Å². The van der Waals surface area contributed by atoms with Gasteiger partial charge in [0.25, 0.3) is 0 Å². The van der Waals surface area contributed by atoms with Gasteiger partial charge in [0.05, 0.1) is 17.8 Å². The Morgan fingerprint density at radius 3 is 2.78 bits per heavy atom. The van der Waals surface area contributed by atoms with E-state index in [2.05, 4.69) is 10.4 Å². The summed E-state index contributed by atoms with van der Waals surface area (Å²) in [6.07, 6.45) is 1.42. The highest BCUT2D eigenvalue weighted by atomic mass is 16.3. The van der Waals surface area contributed by atoms with E-state index in [1.807, 2.05) is 19.9 Å². The van der Waals surface area contributed by atoms with Crippen molar-refractivity contribution in [3.05, 3.63) is 40.7 Å². The number of amides is 1. The smallest absolute Gasteiger partial charge is 0.241 e. The van der Waals surface area contributed by atoms with Crippen LogP contribution in [0, 0.1) is 5.41 Å². The molecule has 1 aromatic heterocycles.